The van der Waals surface area contributed by atoms with E-state index in [2.05, 4.69) is 15.7 Å². The molecular formula is C20H17F2N5O5. The summed E-state index contributed by atoms with van der Waals surface area (Å²) in [6, 6.07) is 5.10. The summed E-state index contributed by atoms with van der Waals surface area (Å²) in [5, 5.41) is 11.3. The normalized spacial score (nSPS) is 19.4. The molecule has 0 saturated carbocycles. The molecule has 0 aromatic heterocycles. The Hall–Kier alpha value is -4.09. The zero-order valence-corrected chi connectivity index (χ0v) is 16.9. The highest BCUT2D eigenvalue weighted by Crippen LogP contribution is 2.33. The van der Waals surface area contributed by atoms with E-state index in [0.29, 0.717) is 17.2 Å². The van der Waals surface area contributed by atoms with E-state index < -0.39 is 41.4 Å². The number of halogens is 2. The summed E-state index contributed by atoms with van der Waals surface area (Å²) >= 11 is 0. The maximum Gasteiger partial charge on any atom is 0.263 e. The van der Waals surface area contributed by atoms with Crippen molar-refractivity contribution < 1.29 is 32.6 Å². The van der Waals surface area contributed by atoms with Crippen LogP contribution in [0, 0.1) is 11.6 Å². The first kappa shape index (κ1) is 21.2. The second-order valence-corrected chi connectivity index (χ2v) is 6.92. The fourth-order valence-electron chi connectivity index (χ4n) is 3.49. The summed E-state index contributed by atoms with van der Waals surface area (Å²) in [5.41, 5.74) is 0.288. The van der Waals surface area contributed by atoms with Crippen LogP contribution in [0.4, 0.5) is 20.2 Å². The number of nitrogens with zero attached hydrogens (tertiary/aromatic N) is 4. The Bertz CT molecular complexity index is 1140. The summed E-state index contributed by atoms with van der Waals surface area (Å²) in [4.78, 5) is 38.7. The lowest BCUT2D eigenvalue weighted by Crippen LogP contribution is -2.43. The molecule has 10 nitrogen and oxygen atoms in total. The molecule has 2 heterocycles. The van der Waals surface area contributed by atoms with Crippen molar-refractivity contribution >= 4 is 29.1 Å². The number of nitrogens with one attached hydrogen (secondary N) is 1. The molecule has 2 aliphatic heterocycles. The van der Waals surface area contributed by atoms with Gasteiger partial charge in [0.2, 0.25) is 5.91 Å². The van der Waals surface area contributed by atoms with Crippen molar-refractivity contribution in [2.45, 2.75) is 12.1 Å². The lowest BCUT2D eigenvalue weighted by atomic mass is 10.1. The Morgan fingerprint density at radius 1 is 1.03 bits per heavy atom. The predicted octanol–water partition coefficient (Wildman–Crippen LogP) is 1.91. The average Bonchev–Trinajstić information content (AvgIpc) is 3.29. The van der Waals surface area contributed by atoms with Gasteiger partial charge in [-0.1, -0.05) is 5.22 Å². The lowest BCUT2D eigenvalue weighted by Gasteiger charge is -2.20. The quantitative estimate of drug-likeness (QED) is 0.680. The predicted molar refractivity (Wildman–Crippen MR) is 106 cm³/mol. The first-order valence-corrected chi connectivity index (χ1v) is 9.36. The van der Waals surface area contributed by atoms with Crippen LogP contribution in [0.3, 0.4) is 0 Å². The van der Waals surface area contributed by atoms with Gasteiger partial charge in [0.1, 0.15) is 6.54 Å². The largest absolute Gasteiger partial charge is 0.493 e. The van der Waals surface area contributed by atoms with Crippen molar-refractivity contribution in [1.29, 1.82) is 0 Å². The molecule has 0 spiro atoms. The summed E-state index contributed by atoms with van der Waals surface area (Å²) < 4.78 is 37.1. The van der Waals surface area contributed by atoms with Gasteiger partial charge in [-0.05, 0) is 24.3 Å². The van der Waals surface area contributed by atoms with Crippen LogP contribution in [0.2, 0.25) is 0 Å². The molecule has 4 rings (SSSR count). The highest BCUT2D eigenvalue weighted by molar-refractivity contribution is 6.25. The minimum atomic E-state index is -1.20. The van der Waals surface area contributed by atoms with Gasteiger partial charge in [-0.3, -0.25) is 19.4 Å². The molecule has 2 aliphatic rings. The molecule has 1 fully saturated rings. The monoisotopic (exact) mass is 445 g/mol. The molecule has 3 amide bonds. The van der Waals surface area contributed by atoms with E-state index in [9.17, 15) is 23.2 Å². The van der Waals surface area contributed by atoms with Crippen LogP contribution >= 0.6 is 0 Å². The first-order chi connectivity index (χ1) is 15.3. The van der Waals surface area contributed by atoms with Crippen LogP contribution in [0.25, 0.3) is 0 Å². The van der Waals surface area contributed by atoms with E-state index >= 15 is 0 Å². The highest BCUT2D eigenvalue weighted by Gasteiger charge is 2.55. The summed E-state index contributed by atoms with van der Waals surface area (Å²) in [6.07, 6.45) is 0. The molecule has 2 atom stereocenters. The minimum absolute atomic E-state index is 0.127. The van der Waals surface area contributed by atoms with E-state index in [1.807, 2.05) is 0 Å². The fourth-order valence-corrected chi connectivity index (χ4v) is 3.49. The SMILES string of the molecule is COc1ccc(NC(=O)CN2N=N[C@H]3C(=O)N(c4ccc(F)c(F)c4)C(=O)[C@@H]32)cc1OC. The number of ether oxygens (including phenoxy) is 2. The van der Waals surface area contributed by atoms with Gasteiger partial charge in [0.25, 0.3) is 11.8 Å². The van der Waals surface area contributed by atoms with Crippen molar-refractivity contribution in [2.75, 3.05) is 31.0 Å². The number of benzene rings is 2. The molecular weight excluding hydrogens is 428 g/mol. The molecule has 2 aromatic carbocycles. The van der Waals surface area contributed by atoms with Crippen LogP contribution in [-0.2, 0) is 14.4 Å². The van der Waals surface area contributed by atoms with E-state index in [-0.39, 0.29) is 12.2 Å². The van der Waals surface area contributed by atoms with Gasteiger partial charge in [-0.25, -0.2) is 13.7 Å². The smallest absolute Gasteiger partial charge is 0.263 e. The van der Waals surface area contributed by atoms with Crippen molar-refractivity contribution in [3.8, 4) is 11.5 Å². The van der Waals surface area contributed by atoms with Crippen molar-refractivity contribution in [1.82, 2.24) is 5.01 Å². The van der Waals surface area contributed by atoms with Crippen molar-refractivity contribution in [2.24, 2.45) is 10.3 Å². The number of fused-ring (bicyclic) bond motifs is 1. The van der Waals surface area contributed by atoms with E-state index in [1.165, 1.54) is 14.2 Å². The van der Waals surface area contributed by atoms with Gasteiger partial charge in [0.05, 0.1) is 19.9 Å². The Kier molecular flexibility index (Phi) is 5.43. The van der Waals surface area contributed by atoms with Gasteiger partial charge >= 0.3 is 0 Å². The third-order valence-electron chi connectivity index (χ3n) is 4.99. The van der Waals surface area contributed by atoms with Gasteiger partial charge in [0.15, 0.2) is 35.2 Å². The second kappa shape index (κ2) is 8.21. The fraction of sp³-hybridized carbons (Fsp3) is 0.250. The molecule has 1 N–H and O–H groups in total. The van der Waals surface area contributed by atoms with Crippen molar-refractivity contribution in [3.05, 3.63) is 48.0 Å². The third-order valence-corrected chi connectivity index (χ3v) is 4.99. The van der Waals surface area contributed by atoms with Crippen LogP contribution in [-0.4, -0.2) is 55.6 Å². The Balaban J connectivity index is 1.48. The topological polar surface area (TPSA) is 113 Å². The van der Waals surface area contributed by atoms with E-state index in [1.54, 1.807) is 18.2 Å². The number of rotatable bonds is 6. The molecule has 166 valence electrons. The van der Waals surface area contributed by atoms with Crippen LogP contribution in [0.15, 0.2) is 46.7 Å². The number of carbonyl (C=O) groups is 3. The number of carbonyl (C=O) groups excluding carboxylic acids is 3. The average molecular weight is 445 g/mol. The van der Waals surface area contributed by atoms with Crippen molar-refractivity contribution in [3.63, 3.8) is 0 Å². The Morgan fingerprint density at radius 2 is 1.78 bits per heavy atom. The van der Waals surface area contributed by atoms with Gasteiger partial charge in [-0.15, -0.1) is 0 Å². The number of methoxy groups -OCH3 is 2. The van der Waals surface area contributed by atoms with E-state index in [4.69, 9.17) is 9.47 Å². The molecule has 0 unspecified atom stereocenters. The number of hydrogen-bond acceptors (Lipinski definition) is 8. The molecule has 1 saturated heterocycles. The van der Waals surface area contributed by atoms with Crippen LogP contribution in [0.5, 0.6) is 11.5 Å². The number of hydrogen-bond donors (Lipinski definition) is 1. The van der Waals surface area contributed by atoms with Gasteiger partial charge < -0.3 is 14.8 Å². The maximum atomic E-state index is 13.6. The maximum absolute atomic E-state index is 13.6. The zero-order valence-electron chi connectivity index (χ0n) is 16.9. The second-order valence-electron chi connectivity index (χ2n) is 6.92. The van der Waals surface area contributed by atoms with Gasteiger partial charge in [-0.2, -0.15) is 5.11 Å². The molecule has 12 heteroatoms. The minimum Gasteiger partial charge on any atom is -0.493 e. The standard InChI is InChI=1S/C20H17F2N5O5/c1-31-14-6-3-10(7-15(14)32-2)23-16(28)9-26-18-17(24-25-26)19(29)27(20(18)30)11-4-5-12(21)13(22)8-11/h3-8,17-18H,9H2,1-2H3,(H,23,28)/t17-,18-/m1/s1. The number of amides is 3. The zero-order chi connectivity index (χ0) is 23.0. The molecule has 32 heavy (non-hydrogen) atoms. The van der Waals surface area contributed by atoms with Crippen LogP contribution in [0.1, 0.15) is 0 Å². The number of anilines is 2. The van der Waals surface area contributed by atoms with Gasteiger partial charge in [0, 0.05) is 17.8 Å². The highest BCUT2D eigenvalue weighted by atomic mass is 19.2. The third kappa shape index (κ3) is 3.59. The summed E-state index contributed by atoms with van der Waals surface area (Å²) in [6.45, 7) is -0.371. The van der Waals surface area contributed by atoms with E-state index in [0.717, 1.165) is 28.1 Å². The lowest BCUT2D eigenvalue weighted by molar-refractivity contribution is -0.123. The number of imide groups is 1. The Morgan fingerprint density at radius 3 is 2.47 bits per heavy atom. The summed E-state index contributed by atoms with van der Waals surface area (Å²) in [5.74, 6) is -3.43. The van der Waals surface area contributed by atoms with Crippen LogP contribution < -0.4 is 19.7 Å². The Labute approximate surface area is 180 Å². The molecule has 0 bridgehead atoms. The molecule has 2 aromatic rings. The molecule has 0 radical (unpaired) electrons. The first-order valence-electron chi connectivity index (χ1n) is 9.36. The summed E-state index contributed by atoms with van der Waals surface area (Å²) in [7, 11) is 2.93. The molecule has 0 aliphatic carbocycles.